The van der Waals surface area contributed by atoms with Gasteiger partial charge in [0.1, 0.15) is 0 Å². The molecule has 3 atom stereocenters. The van der Waals surface area contributed by atoms with E-state index in [-0.39, 0.29) is 32.8 Å². The number of hydrogen-bond acceptors (Lipinski definition) is 3. The predicted molar refractivity (Wildman–Crippen MR) is 128 cm³/mol. The summed E-state index contributed by atoms with van der Waals surface area (Å²) >= 11 is 3.04. The summed E-state index contributed by atoms with van der Waals surface area (Å²) in [6.07, 6.45) is -0.00508. The van der Waals surface area contributed by atoms with Gasteiger partial charge in [0.15, 0.2) is 0 Å². The Kier molecular flexibility index (Phi) is 5.91. The second-order valence-corrected chi connectivity index (χ2v) is 11.7. The molecule has 0 radical (unpaired) electrons. The molecule has 2 fully saturated rings. The summed E-state index contributed by atoms with van der Waals surface area (Å²) in [6, 6.07) is 26.9. The molecule has 5 rings (SSSR count). The van der Waals surface area contributed by atoms with Crippen molar-refractivity contribution in [1.82, 2.24) is 4.90 Å². The van der Waals surface area contributed by atoms with Crippen molar-refractivity contribution >= 4 is 52.9 Å². The molecule has 2 aliphatic rings. The molecule has 32 heavy (non-hydrogen) atoms. The maximum atomic E-state index is 14.0. The van der Waals surface area contributed by atoms with Crippen LogP contribution >= 0.6 is 15.9 Å². The summed E-state index contributed by atoms with van der Waals surface area (Å²) in [6.45, 7) is 0.434. The van der Waals surface area contributed by atoms with Gasteiger partial charge in [0.05, 0.1) is 0 Å². The van der Waals surface area contributed by atoms with Crippen LogP contribution in [0.4, 0.5) is 5.69 Å². The van der Waals surface area contributed by atoms with E-state index >= 15 is 0 Å². The van der Waals surface area contributed by atoms with E-state index in [1.165, 1.54) is 0 Å². The first-order valence-electron chi connectivity index (χ1n) is 10.4. The Morgan fingerprint density at radius 3 is 2.34 bits per heavy atom. The van der Waals surface area contributed by atoms with Gasteiger partial charge in [-0.2, -0.15) is 0 Å². The Balaban J connectivity index is 1.50. The number of nitrogens with one attached hydrogen (secondary N) is 1. The number of nitrogens with zero attached hydrogens (tertiary/aromatic N) is 1. The van der Waals surface area contributed by atoms with E-state index in [9.17, 15) is 9.59 Å². The van der Waals surface area contributed by atoms with E-state index in [2.05, 4.69) is 21.2 Å². The minimum atomic E-state index is -1.12. The van der Waals surface area contributed by atoms with E-state index in [1.54, 1.807) is 4.90 Å². The number of carbonyl (C=O) groups is 2. The van der Waals surface area contributed by atoms with Gasteiger partial charge in [0.2, 0.25) is 0 Å². The average Bonchev–Trinajstić information content (AvgIpc) is 3.35. The van der Waals surface area contributed by atoms with Crippen LogP contribution in [0, 0.1) is 0 Å². The van der Waals surface area contributed by atoms with Gasteiger partial charge in [-0.1, -0.05) is 0 Å². The number of anilines is 1. The van der Waals surface area contributed by atoms with Crippen LogP contribution in [-0.2, 0) is 14.3 Å². The van der Waals surface area contributed by atoms with Gasteiger partial charge in [-0.05, 0) is 0 Å². The summed E-state index contributed by atoms with van der Waals surface area (Å²) in [5.74, 6) is -0.387. The van der Waals surface area contributed by atoms with E-state index in [4.69, 9.17) is 4.74 Å². The fraction of sp³-hybridized carbons (Fsp3) is 0.200. The molecule has 0 saturated carbocycles. The summed E-state index contributed by atoms with van der Waals surface area (Å²) in [5.41, 5.74) is 1.61. The van der Waals surface area contributed by atoms with Crippen molar-refractivity contribution in [3.8, 4) is 0 Å². The Labute approximate surface area is 201 Å². The first-order valence-corrected chi connectivity index (χ1v) is 12.9. The maximum absolute atomic E-state index is 14.0. The molecule has 162 valence electrons. The number of carbonyl (C=O) groups excluding carboxylic acids is 2. The van der Waals surface area contributed by atoms with Gasteiger partial charge in [0, 0.05) is 0 Å². The summed E-state index contributed by atoms with van der Waals surface area (Å²) in [7, 11) is 0. The van der Waals surface area contributed by atoms with Gasteiger partial charge in [0.25, 0.3) is 0 Å². The predicted octanol–water partition coefficient (Wildman–Crippen LogP) is 3.91. The molecule has 0 aliphatic carbocycles. The Hall–Kier alpha value is -2.44. The van der Waals surface area contributed by atoms with E-state index in [0.29, 0.717) is 18.7 Å². The fourth-order valence-corrected chi connectivity index (χ4v) is 7.27. The molecule has 2 saturated heterocycles. The molecule has 0 aromatic heterocycles. The third-order valence-electron chi connectivity index (χ3n) is 5.78. The molecule has 7 heteroatoms. The Morgan fingerprint density at radius 2 is 1.66 bits per heavy atom. The van der Waals surface area contributed by atoms with Crippen LogP contribution in [0.25, 0.3) is 0 Å². The fourth-order valence-electron chi connectivity index (χ4n) is 4.26. The topological polar surface area (TPSA) is 58.6 Å². The van der Waals surface area contributed by atoms with Crippen LogP contribution < -0.4 is 9.78 Å². The van der Waals surface area contributed by atoms with Crippen LogP contribution in [0.2, 0.25) is 4.31 Å². The standard InChI is InChI=1S/C25H21BrN2O3Se/c26-18-11-13-19(14-12-18)27-23(29)25(32-21-9-5-2-6-10-21)15-20-16-31-22(28(20)24(25)30)17-7-3-1-4-8-17/h1-14,20,22H,15-16H2,(H,27,29)/t20-,22+,25?/m0/s1. The van der Waals surface area contributed by atoms with Gasteiger partial charge in [-0.15, -0.1) is 0 Å². The summed E-state index contributed by atoms with van der Waals surface area (Å²) in [5, 5.41) is 3.01. The summed E-state index contributed by atoms with van der Waals surface area (Å²) < 4.78 is 6.84. The zero-order chi connectivity index (χ0) is 22.1. The quantitative estimate of drug-likeness (QED) is 0.383. The van der Waals surface area contributed by atoms with Crippen LogP contribution in [0.3, 0.4) is 0 Å². The molecular weight excluding hydrogens is 535 g/mol. The van der Waals surface area contributed by atoms with E-state index < -0.39 is 10.5 Å². The normalized spacial score (nSPS) is 24.4. The van der Waals surface area contributed by atoms with Crippen molar-refractivity contribution in [2.75, 3.05) is 11.9 Å². The van der Waals surface area contributed by atoms with Crippen molar-refractivity contribution in [3.63, 3.8) is 0 Å². The number of ether oxygens (including phenoxy) is 1. The number of benzene rings is 3. The average molecular weight is 556 g/mol. The number of fused-ring (bicyclic) bond motifs is 1. The molecule has 1 unspecified atom stereocenters. The zero-order valence-electron chi connectivity index (χ0n) is 17.1. The number of halogens is 1. The molecule has 0 spiro atoms. The van der Waals surface area contributed by atoms with Crippen LogP contribution in [0.15, 0.2) is 89.4 Å². The third kappa shape index (κ3) is 3.90. The first-order chi connectivity index (χ1) is 15.6. The second kappa shape index (κ2) is 8.83. The molecular formula is C25H21BrN2O3Se. The zero-order valence-corrected chi connectivity index (χ0v) is 20.4. The van der Waals surface area contributed by atoms with Crippen molar-refractivity contribution in [2.45, 2.75) is 23.0 Å². The van der Waals surface area contributed by atoms with Crippen LogP contribution in [-0.4, -0.2) is 44.3 Å². The van der Waals surface area contributed by atoms with Gasteiger partial charge in [-0.3, -0.25) is 0 Å². The van der Waals surface area contributed by atoms with Crippen molar-refractivity contribution in [1.29, 1.82) is 0 Å². The SMILES string of the molecule is O=C(Nc1ccc(Br)cc1)C1([Se]c2ccccc2)C[C@H]2CO[C@H](c3ccccc3)N2C1=O. The number of hydrogen-bond donors (Lipinski definition) is 1. The molecule has 5 nitrogen and oxygen atoms in total. The minimum absolute atomic E-state index is 0.117. The van der Waals surface area contributed by atoms with Crippen LogP contribution in [0.5, 0.6) is 0 Å². The van der Waals surface area contributed by atoms with Crippen molar-refractivity contribution in [2.24, 2.45) is 0 Å². The monoisotopic (exact) mass is 556 g/mol. The molecule has 3 aromatic carbocycles. The van der Waals surface area contributed by atoms with E-state index in [0.717, 1.165) is 14.5 Å². The van der Waals surface area contributed by atoms with Gasteiger partial charge >= 0.3 is 202 Å². The Bertz CT molecular complexity index is 1130. The molecule has 3 aromatic rings. The van der Waals surface area contributed by atoms with E-state index in [1.807, 2.05) is 84.9 Å². The first kappa shape index (κ1) is 21.4. The molecule has 1 N–H and O–H groups in total. The summed E-state index contributed by atoms with van der Waals surface area (Å²) in [4.78, 5) is 29.5. The molecule has 2 heterocycles. The van der Waals surface area contributed by atoms with Crippen molar-refractivity contribution in [3.05, 3.63) is 95.0 Å². The molecule has 2 aliphatic heterocycles. The van der Waals surface area contributed by atoms with Gasteiger partial charge in [-0.25, -0.2) is 0 Å². The third-order valence-corrected chi connectivity index (χ3v) is 9.21. The van der Waals surface area contributed by atoms with Crippen LogP contribution in [0.1, 0.15) is 18.2 Å². The van der Waals surface area contributed by atoms with Crippen molar-refractivity contribution < 1.29 is 14.3 Å². The molecule has 2 amide bonds. The molecule has 0 bridgehead atoms. The second-order valence-electron chi connectivity index (χ2n) is 7.87. The Morgan fingerprint density at radius 1 is 1.00 bits per heavy atom. The number of amides is 2. The van der Waals surface area contributed by atoms with Gasteiger partial charge < -0.3 is 0 Å². The number of rotatable bonds is 5.